The molecule has 1 aliphatic heterocycles. The van der Waals surface area contributed by atoms with Gasteiger partial charge in [0.2, 0.25) is 11.9 Å². The number of rotatable bonds is 7. The zero-order valence-electron chi connectivity index (χ0n) is 15.5. The number of carbonyl (C=O) groups is 1. The van der Waals surface area contributed by atoms with E-state index in [1.165, 1.54) is 11.8 Å². The molecule has 7 nitrogen and oxygen atoms in total. The molecule has 0 atom stereocenters. The summed E-state index contributed by atoms with van der Waals surface area (Å²) in [7, 11) is 1.65. The van der Waals surface area contributed by atoms with Gasteiger partial charge in [0.25, 0.3) is 0 Å². The van der Waals surface area contributed by atoms with Crippen molar-refractivity contribution in [3.8, 4) is 5.75 Å². The number of nitrogens with zero attached hydrogens (tertiary/aromatic N) is 4. The van der Waals surface area contributed by atoms with E-state index in [4.69, 9.17) is 4.74 Å². The molecule has 1 aromatic heterocycles. The molecule has 3 aromatic rings. The Morgan fingerprint density at radius 3 is 2.64 bits per heavy atom. The maximum absolute atomic E-state index is 12.1. The lowest BCUT2D eigenvalue weighted by molar-refractivity contribution is -0.118. The second kappa shape index (κ2) is 8.35. The summed E-state index contributed by atoms with van der Waals surface area (Å²) in [5.41, 5.74) is 2.13. The van der Waals surface area contributed by atoms with Crippen LogP contribution in [0.5, 0.6) is 5.75 Å². The van der Waals surface area contributed by atoms with E-state index in [9.17, 15) is 4.79 Å². The van der Waals surface area contributed by atoms with Crippen molar-refractivity contribution in [3.05, 3.63) is 60.2 Å². The number of hydrogen-bond donors (Lipinski definition) is 1. The van der Waals surface area contributed by atoms with Crippen LogP contribution in [0.4, 0.5) is 11.6 Å². The Balaban J connectivity index is 1.35. The summed E-state index contributed by atoms with van der Waals surface area (Å²) in [4.78, 5) is 14.3. The summed E-state index contributed by atoms with van der Waals surface area (Å²) in [6, 6.07) is 17.7. The monoisotopic (exact) mass is 395 g/mol. The van der Waals surface area contributed by atoms with E-state index in [0.29, 0.717) is 12.3 Å². The molecule has 0 spiro atoms. The Labute approximate surface area is 167 Å². The fourth-order valence-corrected chi connectivity index (χ4v) is 3.86. The number of carbonyl (C=O) groups excluding carboxylic acids is 1. The van der Waals surface area contributed by atoms with Gasteiger partial charge in [0.1, 0.15) is 5.75 Å². The van der Waals surface area contributed by atoms with Crippen molar-refractivity contribution in [1.82, 2.24) is 20.1 Å². The van der Waals surface area contributed by atoms with Gasteiger partial charge in [0, 0.05) is 25.3 Å². The number of nitrogens with one attached hydrogen (secondary N) is 1. The van der Waals surface area contributed by atoms with Gasteiger partial charge in [-0.3, -0.25) is 9.36 Å². The molecule has 1 amide bonds. The number of benzene rings is 2. The number of anilines is 2. The van der Waals surface area contributed by atoms with Crippen LogP contribution >= 0.6 is 11.8 Å². The number of amides is 1. The maximum Gasteiger partial charge on any atom is 0.232 e. The summed E-state index contributed by atoms with van der Waals surface area (Å²) in [6.45, 7) is 2.15. The second-order valence-electron chi connectivity index (χ2n) is 6.33. The average molecular weight is 395 g/mol. The zero-order valence-corrected chi connectivity index (χ0v) is 16.4. The highest BCUT2D eigenvalue weighted by atomic mass is 32.2. The fraction of sp³-hybridized carbons (Fsp3) is 0.250. The van der Waals surface area contributed by atoms with E-state index in [2.05, 4.69) is 25.0 Å². The SMILES string of the molecule is COc1ccc(N2CCn3c(SCC(=O)NCc4ccccc4)nnc32)cc1. The Kier molecular flexibility index (Phi) is 5.48. The largest absolute Gasteiger partial charge is 0.497 e. The molecular weight excluding hydrogens is 374 g/mol. The van der Waals surface area contributed by atoms with Crippen LogP contribution < -0.4 is 15.0 Å². The minimum Gasteiger partial charge on any atom is -0.497 e. The van der Waals surface area contributed by atoms with Crippen LogP contribution in [0.25, 0.3) is 0 Å². The van der Waals surface area contributed by atoms with Crippen molar-refractivity contribution in [2.75, 3.05) is 24.3 Å². The smallest absolute Gasteiger partial charge is 0.232 e. The summed E-state index contributed by atoms with van der Waals surface area (Å²) >= 11 is 1.41. The number of hydrogen-bond acceptors (Lipinski definition) is 6. The van der Waals surface area contributed by atoms with Crippen LogP contribution in [0.1, 0.15) is 5.56 Å². The molecule has 0 radical (unpaired) electrons. The van der Waals surface area contributed by atoms with Crippen LogP contribution in [-0.2, 0) is 17.9 Å². The molecule has 0 aliphatic carbocycles. The minimum atomic E-state index is -0.0174. The van der Waals surface area contributed by atoms with Gasteiger partial charge in [0.05, 0.1) is 12.9 Å². The average Bonchev–Trinajstić information content (AvgIpc) is 3.34. The van der Waals surface area contributed by atoms with Crippen molar-refractivity contribution < 1.29 is 9.53 Å². The van der Waals surface area contributed by atoms with Gasteiger partial charge in [-0.1, -0.05) is 42.1 Å². The minimum absolute atomic E-state index is 0.0174. The molecule has 1 N–H and O–H groups in total. The van der Waals surface area contributed by atoms with Crippen LogP contribution in [0.3, 0.4) is 0 Å². The first-order valence-electron chi connectivity index (χ1n) is 9.03. The molecular formula is C20H21N5O2S. The lowest BCUT2D eigenvalue weighted by Crippen LogP contribution is -2.24. The molecule has 8 heteroatoms. The molecule has 0 saturated carbocycles. The summed E-state index contributed by atoms with van der Waals surface area (Å²) in [5, 5.41) is 12.3. The van der Waals surface area contributed by atoms with E-state index in [1.54, 1.807) is 7.11 Å². The molecule has 28 heavy (non-hydrogen) atoms. The number of thioether (sulfide) groups is 1. The summed E-state index contributed by atoms with van der Waals surface area (Å²) < 4.78 is 7.27. The zero-order chi connectivity index (χ0) is 19.3. The Bertz CT molecular complexity index is 943. The Morgan fingerprint density at radius 2 is 1.89 bits per heavy atom. The predicted molar refractivity (Wildman–Crippen MR) is 109 cm³/mol. The molecule has 0 fully saturated rings. The second-order valence-corrected chi connectivity index (χ2v) is 7.28. The predicted octanol–water partition coefficient (Wildman–Crippen LogP) is 2.85. The van der Waals surface area contributed by atoms with Gasteiger partial charge in [0.15, 0.2) is 5.16 Å². The first-order valence-corrected chi connectivity index (χ1v) is 10.0. The van der Waals surface area contributed by atoms with E-state index in [1.807, 2.05) is 54.6 Å². The highest BCUT2D eigenvalue weighted by Gasteiger charge is 2.26. The fourth-order valence-electron chi connectivity index (χ4n) is 3.07. The molecule has 0 saturated heterocycles. The van der Waals surface area contributed by atoms with Crippen molar-refractivity contribution in [2.24, 2.45) is 0 Å². The standard InChI is InChI=1S/C20H21N5O2S/c1-27-17-9-7-16(8-10-17)24-11-12-25-19(24)22-23-20(25)28-14-18(26)21-13-15-5-3-2-4-6-15/h2-10H,11-14H2,1H3,(H,21,26). The Morgan fingerprint density at radius 1 is 1.11 bits per heavy atom. The number of ether oxygens (including phenoxy) is 1. The van der Waals surface area contributed by atoms with Gasteiger partial charge >= 0.3 is 0 Å². The third kappa shape index (κ3) is 3.96. The first kappa shape index (κ1) is 18.4. The molecule has 144 valence electrons. The first-order chi connectivity index (χ1) is 13.7. The quantitative estimate of drug-likeness (QED) is 0.620. The van der Waals surface area contributed by atoms with Gasteiger partial charge in [-0.25, -0.2) is 0 Å². The third-order valence-corrected chi connectivity index (χ3v) is 5.50. The summed E-state index contributed by atoms with van der Waals surface area (Å²) in [6.07, 6.45) is 0. The highest BCUT2D eigenvalue weighted by Crippen LogP contribution is 2.32. The van der Waals surface area contributed by atoms with Crippen LogP contribution in [-0.4, -0.2) is 40.1 Å². The third-order valence-electron chi connectivity index (χ3n) is 4.53. The lowest BCUT2D eigenvalue weighted by atomic mass is 10.2. The van der Waals surface area contributed by atoms with Gasteiger partial charge in [-0.15, -0.1) is 10.2 Å². The number of methoxy groups -OCH3 is 1. The Hall–Kier alpha value is -3.00. The van der Waals surface area contributed by atoms with Gasteiger partial charge in [-0.2, -0.15) is 0 Å². The highest BCUT2D eigenvalue weighted by molar-refractivity contribution is 7.99. The van der Waals surface area contributed by atoms with E-state index >= 15 is 0 Å². The maximum atomic E-state index is 12.1. The van der Waals surface area contributed by atoms with E-state index in [-0.39, 0.29) is 5.91 Å². The molecule has 4 rings (SSSR count). The number of fused-ring (bicyclic) bond motifs is 1. The molecule has 1 aliphatic rings. The van der Waals surface area contributed by atoms with E-state index < -0.39 is 0 Å². The molecule has 2 heterocycles. The normalized spacial score (nSPS) is 12.7. The van der Waals surface area contributed by atoms with E-state index in [0.717, 1.165) is 41.2 Å². The van der Waals surface area contributed by atoms with Crippen molar-refractivity contribution in [2.45, 2.75) is 18.2 Å². The van der Waals surface area contributed by atoms with Crippen molar-refractivity contribution in [3.63, 3.8) is 0 Å². The van der Waals surface area contributed by atoms with Crippen LogP contribution in [0, 0.1) is 0 Å². The molecule has 2 aromatic carbocycles. The molecule has 0 unspecified atom stereocenters. The van der Waals surface area contributed by atoms with Crippen LogP contribution in [0.15, 0.2) is 59.8 Å². The van der Waals surface area contributed by atoms with Crippen LogP contribution in [0.2, 0.25) is 0 Å². The topological polar surface area (TPSA) is 72.3 Å². The summed E-state index contributed by atoms with van der Waals surface area (Å²) in [5.74, 6) is 1.92. The van der Waals surface area contributed by atoms with Crippen molar-refractivity contribution >= 4 is 29.3 Å². The lowest BCUT2D eigenvalue weighted by Gasteiger charge is -2.15. The molecule has 0 bridgehead atoms. The van der Waals surface area contributed by atoms with Crippen molar-refractivity contribution in [1.29, 1.82) is 0 Å². The van der Waals surface area contributed by atoms with Gasteiger partial charge < -0.3 is 15.0 Å². The number of aromatic nitrogens is 3. The van der Waals surface area contributed by atoms with Gasteiger partial charge in [-0.05, 0) is 29.8 Å².